The summed E-state index contributed by atoms with van der Waals surface area (Å²) < 4.78 is 8.36. The molecule has 1 fully saturated rings. The Morgan fingerprint density at radius 3 is 2.96 bits per heavy atom. The number of carbonyl (C=O) groups is 1. The van der Waals surface area contributed by atoms with E-state index in [1.54, 1.807) is 24.5 Å². The molecule has 134 valence electrons. The Hall–Kier alpha value is -2.57. The molecule has 25 heavy (non-hydrogen) atoms. The molecule has 3 heterocycles. The van der Waals surface area contributed by atoms with Crippen molar-refractivity contribution in [1.29, 1.82) is 0 Å². The number of hydrogen-bond donors (Lipinski definition) is 0. The Balaban J connectivity index is 1.67. The molecule has 2 aromatic heterocycles. The van der Waals surface area contributed by atoms with Crippen molar-refractivity contribution in [2.45, 2.75) is 44.8 Å². The Labute approximate surface area is 146 Å². The number of ether oxygens (including phenoxy) is 1. The van der Waals surface area contributed by atoms with Gasteiger partial charge >= 0.3 is 0 Å². The number of aryl methyl sites for hydroxylation is 1. The van der Waals surface area contributed by atoms with Crippen molar-refractivity contribution in [3.05, 3.63) is 47.1 Å². The monoisotopic (exact) mass is 344 g/mol. The van der Waals surface area contributed by atoms with E-state index in [4.69, 9.17) is 4.74 Å². The quantitative estimate of drug-likeness (QED) is 0.797. The van der Waals surface area contributed by atoms with Gasteiger partial charge in [-0.2, -0.15) is 5.10 Å². The predicted molar refractivity (Wildman–Crippen MR) is 93.5 cm³/mol. The van der Waals surface area contributed by atoms with Crippen LogP contribution in [0.25, 0.3) is 0 Å². The van der Waals surface area contributed by atoms with Gasteiger partial charge in [0.2, 0.25) is 5.91 Å². The summed E-state index contributed by atoms with van der Waals surface area (Å²) in [5.74, 6) is 0.240. The van der Waals surface area contributed by atoms with Gasteiger partial charge in [-0.15, -0.1) is 0 Å². The minimum Gasteiger partial charge on any atom is -0.491 e. The second-order valence-electron chi connectivity index (χ2n) is 6.30. The highest BCUT2D eigenvalue weighted by atomic mass is 16.5. The molecule has 7 nitrogen and oxygen atoms in total. The third kappa shape index (κ3) is 4.10. The topological polar surface area (TPSA) is 69.4 Å². The van der Waals surface area contributed by atoms with Crippen LogP contribution in [0.4, 0.5) is 0 Å². The van der Waals surface area contributed by atoms with Crippen molar-refractivity contribution in [2.75, 3.05) is 13.7 Å². The minimum absolute atomic E-state index is 0.0134. The predicted octanol–water partition coefficient (Wildman–Crippen LogP) is 1.52. The Morgan fingerprint density at radius 2 is 2.20 bits per heavy atom. The van der Waals surface area contributed by atoms with Crippen LogP contribution in [0.2, 0.25) is 0 Å². The van der Waals surface area contributed by atoms with Crippen LogP contribution >= 0.6 is 0 Å². The molecule has 2 aromatic rings. The molecule has 1 aliphatic heterocycles. The van der Waals surface area contributed by atoms with Crippen LogP contribution in [0.3, 0.4) is 0 Å². The SMILES string of the molecule is COc1cccn(CC(=O)N2CCCC[C@@H]2CCn2cccn2)c1=O. The van der Waals surface area contributed by atoms with E-state index in [0.717, 1.165) is 38.8 Å². The fourth-order valence-electron chi connectivity index (χ4n) is 3.37. The standard InChI is InChI=1S/C18H24N4O3/c1-25-16-7-4-10-20(18(16)24)14-17(23)22-12-3-2-6-15(22)8-13-21-11-5-9-19-21/h4-5,7,9-11,15H,2-3,6,8,12-14H2,1H3/t15-/m1/s1. The largest absolute Gasteiger partial charge is 0.491 e. The number of likely N-dealkylation sites (tertiary alicyclic amines) is 1. The van der Waals surface area contributed by atoms with Crippen LogP contribution in [-0.2, 0) is 17.9 Å². The summed E-state index contributed by atoms with van der Waals surface area (Å²) in [4.78, 5) is 27.0. The summed E-state index contributed by atoms with van der Waals surface area (Å²) >= 11 is 0. The van der Waals surface area contributed by atoms with E-state index >= 15 is 0 Å². The van der Waals surface area contributed by atoms with Crippen LogP contribution in [0.1, 0.15) is 25.7 Å². The summed E-state index contributed by atoms with van der Waals surface area (Å²) in [7, 11) is 1.46. The summed E-state index contributed by atoms with van der Waals surface area (Å²) in [6.07, 6.45) is 9.35. The van der Waals surface area contributed by atoms with Crippen molar-refractivity contribution < 1.29 is 9.53 Å². The molecule has 0 saturated carbocycles. The fourth-order valence-corrected chi connectivity index (χ4v) is 3.37. The molecule has 7 heteroatoms. The molecule has 1 atom stereocenters. The zero-order chi connectivity index (χ0) is 17.6. The first-order valence-electron chi connectivity index (χ1n) is 8.69. The Morgan fingerprint density at radius 1 is 1.32 bits per heavy atom. The average molecular weight is 344 g/mol. The van der Waals surface area contributed by atoms with E-state index in [1.165, 1.54) is 11.7 Å². The average Bonchev–Trinajstić information content (AvgIpc) is 3.15. The number of rotatable bonds is 6. The first kappa shape index (κ1) is 17.3. The van der Waals surface area contributed by atoms with Gasteiger partial charge in [-0.1, -0.05) is 0 Å². The van der Waals surface area contributed by atoms with E-state index in [-0.39, 0.29) is 29.8 Å². The molecule has 0 bridgehead atoms. The summed E-state index contributed by atoms with van der Waals surface area (Å²) in [6, 6.07) is 5.43. The number of pyridine rings is 1. The molecule has 0 radical (unpaired) electrons. The van der Waals surface area contributed by atoms with Gasteiger partial charge in [-0.3, -0.25) is 14.3 Å². The van der Waals surface area contributed by atoms with E-state index in [0.29, 0.717) is 0 Å². The molecular formula is C18H24N4O3. The normalized spacial score (nSPS) is 17.5. The molecule has 1 amide bonds. The van der Waals surface area contributed by atoms with Crippen LogP contribution in [0, 0.1) is 0 Å². The van der Waals surface area contributed by atoms with Crippen molar-refractivity contribution in [1.82, 2.24) is 19.2 Å². The number of methoxy groups -OCH3 is 1. The van der Waals surface area contributed by atoms with Crippen LogP contribution in [0.15, 0.2) is 41.6 Å². The van der Waals surface area contributed by atoms with Gasteiger partial charge in [0.05, 0.1) is 7.11 Å². The summed E-state index contributed by atoms with van der Waals surface area (Å²) in [6.45, 7) is 1.59. The fraction of sp³-hybridized carbons (Fsp3) is 0.500. The molecule has 0 spiro atoms. The summed E-state index contributed by atoms with van der Waals surface area (Å²) in [5.41, 5.74) is -0.275. The van der Waals surface area contributed by atoms with E-state index in [9.17, 15) is 9.59 Å². The van der Waals surface area contributed by atoms with E-state index in [1.807, 2.05) is 21.8 Å². The highest BCUT2D eigenvalue weighted by Gasteiger charge is 2.26. The van der Waals surface area contributed by atoms with Crippen LogP contribution in [-0.4, -0.2) is 44.9 Å². The van der Waals surface area contributed by atoms with Gasteiger partial charge in [0.25, 0.3) is 5.56 Å². The maximum absolute atomic E-state index is 12.8. The van der Waals surface area contributed by atoms with E-state index in [2.05, 4.69) is 5.10 Å². The molecular weight excluding hydrogens is 320 g/mol. The lowest BCUT2D eigenvalue weighted by molar-refractivity contribution is -0.135. The third-order valence-corrected chi connectivity index (χ3v) is 4.71. The zero-order valence-corrected chi connectivity index (χ0v) is 14.5. The zero-order valence-electron chi connectivity index (χ0n) is 14.5. The lowest BCUT2D eigenvalue weighted by Gasteiger charge is -2.36. The number of aromatic nitrogens is 3. The first-order valence-corrected chi connectivity index (χ1v) is 8.69. The van der Waals surface area contributed by atoms with Gasteiger partial charge in [0, 0.05) is 37.7 Å². The van der Waals surface area contributed by atoms with Crippen molar-refractivity contribution >= 4 is 5.91 Å². The molecule has 3 rings (SSSR count). The molecule has 0 unspecified atom stereocenters. The van der Waals surface area contributed by atoms with Gasteiger partial charge in [0.1, 0.15) is 6.54 Å². The van der Waals surface area contributed by atoms with Crippen LogP contribution < -0.4 is 10.3 Å². The van der Waals surface area contributed by atoms with Gasteiger partial charge in [-0.05, 0) is 43.9 Å². The number of carbonyl (C=O) groups excluding carboxylic acids is 1. The molecule has 1 saturated heterocycles. The van der Waals surface area contributed by atoms with Gasteiger partial charge in [-0.25, -0.2) is 0 Å². The lowest BCUT2D eigenvalue weighted by Crippen LogP contribution is -2.46. The molecule has 0 aromatic carbocycles. The lowest BCUT2D eigenvalue weighted by atomic mass is 9.99. The maximum atomic E-state index is 12.8. The van der Waals surface area contributed by atoms with Crippen molar-refractivity contribution in [3.8, 4) is 5.75 Å². The van der Waals surface area contributed by atoms with Crippen LogP contribution in [0.5, 0.6) is 5.75 Å². The van der Waals surface area contributed by atoms with Gasteiger partial charge in [0.15, 0.2) is 5.75 Å². The molecule has 0 N–H and O–H groups in total. The van der Waals surface area contributed by atoms with Crippen molar-refractivity contribution in [3.63, 3.8) is 0 Å². The highest BCUT2D eigenvalue weighted by Crippen LogP contribution is 2.20. The number of amides is 1. The van der Waals surface area contributed by atoms with E-state index < -0.39 is 0 Å². The third-order valence-electron chi connectivity index (χ3n) is 4.71. The molecule has 0 aliphatic carbocycles. The minimum atomic E-state index is -0.275. The number of nitrogens with zero attached hydrogens (tertiary/aromatic N) is 4. The smallest absolute Gasteiger partial charge is 0.293 e. The van der Waals surface area contributed by atoms with Crippen molar-refractivity contribution in [2.24, 2.45) is 0 Å². The number of hydrogen-bond acceptors (Lipinski definition) is 4. The Bertz CT molecular complexity index is 754. The number of piperidine rings is 1. The van der Waals surface area contributed by atoms with Gasteiger partial charge < -0.3 is 14.2 Å². The first-order chi connectivity index (χ1) is 12.2. The second kappa shape index (κ2) is 8.00. The maximum Gasteiger partial charge on any atom is 0.293 e. The molecule has 1 aliphatic rings. The second-order valence-corrected chi connectivity index (χ2v) is 6.30. The highest BCUT2D eigenvalue weighted by molar-refractivity contribution is 5.76. The Kier molecular flexibility index (Phi) is 5.53. The summed E-state index contributed by atoms with van der Waals surface area (Å²) in [5, 5.41) is 4.22.